The highest BCUT2D eigenvalue weighted by molar-refractivity contribution is 6.68. The number of halogens is 3. The first-order valence-electron chi connectivity index (χ1n) is 5.15. The van der Waals surface area contributed by atoms with Crippen molar-refractivity contribution in [3.05, 3.63) is 29.3 Å². The monoisotopic (exact) mass is 323 g/mol. The van der Waals surface area contributed by atoms with E-state index < -0.39 is 15.9 Å². The van der Waals surface area contributed by atoms with E-state index in [1.54, 1.807) is 6.07 Å². The highest BCUT2D eigenvalue weighted by atomic mass is 35.6. The summed E-state index contributed by atoms with van der Waals surface area (Å²) in [4.78, 5) is 23.5. The molecule has 0 unspecified atom stereocenters. The van der Waals surface area contributed by atoms with Crippen LogP contribution in [0.5, 0.6) is 0 Å². The number of benzene rings is 1. The largest absolute Gasteiger partial charge is 0.465 e. The molecule has 0 saturated heterocycles. The molecule has 5 nitrogen and oxygen atoms in total. The Morgan fingerprint density at radius 3 is 2.68 bits per heavy atom. The fourth-order valence-electron chi connectivity index (χ4n) is 1.72. The zero-order valence-electron chi connectivity index (χ0n) is 9.40. The number of esters is 1. The number of nitrogens with zero attached hydrogens (tertiary/aromatic N) is 1. The van der Waals surface area contributed by atoms with Crippen LogP contribution in [0.2, 0.25) is 0 Å². The molecule has 1 aliphatic heterocycles. The minimum atomic E-state index is -1.75. The van der Waals surface area contributed by atoms with Gasteiger partial charge in [0.1, 0.15) is 6.61 Å². The maximum Gasteiger partial charge on any atom is 0.411 e. The molecule has 1 amide bonds. The van der Waals surface area contributed by atoms with Gasteiger partial charge in [0.15, 0.2) is 0 Å². The predicted molar refractivity (Wildman–Crippen MR) is 71.2 cm³/mol. The van der Waals surface area contributed by atoms with Crippen LogP contribution < -0.4 is 4.90 Å². The first-order chi connectivity index (χ1) is 8.78. The van der Waals surface area contributed by atoms with E-state index in [-0.39, 0.29) is 18.8 Å². The summed E-state index contributed by atoms with van der Waals surface area (Å²) >= 11 is 16.8. The van der Waals surface area contributed by atoms with Crippen LogP contribution in [-0.2, 0) is 11.3 Å². The Morgan fingerprint density at radius 2 is 2.11 bits per heavy atom. The number of hydrogen-bond donors (Lipinski definition) is 1. The van der Waals surface area contributed by atoms with Crippen molar-refractivity contribution < 1.29 is 19.4 Å². The first kappa shape index (κ1) is 14.2. The fourth-order valence-corrected chi connectivity index (χ4v) is 2.08. The van der Waals surface area contributed by atoms with Gasteiger partial charge < -0.3 is 9.84 Å². The lowest BCUT2D eigenvalue weighted by molar-refractivity contribution is 0.0535. The molecule has 0 spiro atoms. The number of anilines is 1. The van der Waals surface area contributed by atoms with Gasteiger partial charge in [-0.2, -0.15) is 0 Å². The summed E-state index contributed by atoms with van der Waals surface area (Å²) < 4.78 is 3.08. The van der Waals surface area contributed by atoms with Crippen LogP contribution in [0.25, 0.3) is 0 Å². The summed E-state index contributed by atoms with van der Waals surface area (Å²) in [7, 11) is 0. The third-order valence-corrected chi connectivity index (χ3v) is 2.91. The Bertz CT molecular complexity index is 541. The van der Waals surface area contributed by atoms with Crippen molar-refractivity contribution >= 4 is 52.6 Å². The highest BCUT2D eigenvalue weighted by Gasteiger charge is 2.30. The molecule has 0 aliphatic carbocycles. The Kier molecular flexibility index (Phi) is 3.80. The molecule has 1 aromatic rings. The van der Waals surface area contributed by atoms with Crippen molar-refractivity contribution in [1.29, 1.82) is 0 Å². The molecule has 0 radical (unpaired) electrons. The minimum absolute atomic E-state index is 0.186. The molecule has 0 fully saturated rings. The molecular weight excluding hydrogens is 316 g/mol. The smallest absolute Gasteiger partial charge is 0.411 e. The van der Waals surface area contributed by atoms with E-state index in [2.05, 4.69) is 0 Å². The quantitative estimate of drug-likeness (QED) is 0.670. The van der Waals surface area contributed by atoms with Crippen molar-refractivity contribution in [2.24, 2.45) is 0 Å². The lowest BCUT2D eigenvalue weighted by atomic mass is 10.1. The summed E-state index contributed by atoms with van der Waals surface area (Å²) in [6.45, 7) is -0.160. The van der Waals surface area contributed by atoms with Gasteiger partial charge in [0.05, 0.1) is 12.1 Å². The molecule has 1 aliphatic rings. The van der Waals surface area contributed by atoms with Gasteiger partial charge in [-0.15, -0.1) is 0 Å². The van der Waals surface area contributed by atoms with E-state index in [4.69, 9.17) is 44.6 Å². The van der Waals surface area contributed by atoms with Crippen molar-refractivity contribution in [2.75, 3.05) is 11.4 Å². The van der Waals surface area contributed by atoms with Crippen LogP contribution in [0.3, 0.4) is 0 Å². The average molecular weight is 325 g/mol. The summed E-state index contributed by atoms with van der Waals surface area (Å²) in [6, 6.07) is 4.56. The van der Waals surface area contributed by atoms with Crippen LogP contribution >= 0.6 is 34.8 Å². The van der Waals surface area contributed by atoms with Crippen molar-refractivity contribution in [2.45, 2.75) is 10.4 Å². The van der Waals surface area contributed by atoms with E-state index >= 15 is 0 Å². The maximum absolute atomic E-state index is 11.4. The Hall–Kier alpha value is -1.17. The van der Waals surface area contributed by atoms with Gasteiger partial charge in [-0.3, -0.25) is 4.90 Å². The topological polar surface area (TPSA) is 66.8 Å². The number of cyclic esters (lactones) is 1. The Morgan fingerprint density at radius 1 is 1.42 bits per heavy atom. The van der Waals surface area contributed by atoms with E-state index in [9.17, 15) is 9.59 Å². The number of amides is 1. The van der Waals surface area contributed by atoms with E-state index in [0.29, 0.717) is 11.1 Å². The molecule has 0 aromatic heterocycles. The fraction of sp³-hybridized carbons (Fsp3) is 0.273. The van der Waals surface area contributed by atoms with Gasteiger partial charge in [0, 0.05) is 11.3 Å². The first-order valence-corrected chi connectivity index (χ1v) is 6.28. The van der Waals surface area contributed by atoms with E-state index in [1.165, 1.54) is 12.1 Å². The number of alkyl halides is 3. The van der Waals surface area contributed by atoms with Gasteiger partial charge in [0.2, 0.25) is 3.79 Å². The number of ether oxygens (including phenoxy) is 1. The lowest BCUT2D eigenvalue weighted by Gasteiger charge is -2.23. The molecule has 0 atom stereocenters. The zero-order valence-corrected chi connectivity index (χ0v) is 11.7. The molecule has 1 aromatic carbocycles. The number of carbonyl (C=O) groups is 2. The van der Waals surface area contributed by atoms with Crippen molar-refractivity contribution in [3.8, 4) is 0 Å². The third-order valence-electron chi connectivity index (χ3n) is 2.55. The minimum Gasteiger partial charge on any atom is -0.465 e. The average Bonchev–Trinajstić information content (AvgIpc) is 2.66. The Balaban J connectivity index is 2.36. The molecule has 8 heteroatoms. The van der Waals surface area contributed by atoms with Crippen LogP contribution in [0, 0.1) is 0 Å². The summed E-state index contributed by atoms with van der Waals surface area (Å²) in [5.41, 5.74) is 1.28. The standard InChI is InChI=1S/C11H8Cl3NO4/c12-11(13,14)5-15(10(17)18)7-2-1-6-4-19-9(16)8(6)3-7/h1-3H,4-5H2,(H,17,18). The van der Waals surface area contributed by atoms with Gasteiger partial charge in [-0.25, -0.2) is 9.59 Å². The van der Waals surface area contributed by atoms with Crippen LogP contribution in [-0.4, -0.2) is 27.5 Å². The summed E-state index contributed by atoms with van der Waals surface area (Å²) in [6.07, 6.45) is -1.28. The second kappa shape index (κ2) is 5.07. The van der Waals surface area contributed by atoms with Crippen LogP contribution in [0.15, 0.2) is 18.2 Å². The number of rotatable bonds is 2. The number of carboxylic acid groups (broad SMARTS) is 1. The summed E-state index contributed by atoms with van der Waals surface area (Å²) in [5, 5.41) is 9.14. The van der Waals surface area contributed by atoms with Crippen molar-refractivity contribution in [1.82, 2.24) is 0 Å². The third kappa shape index (κ3) is 3.23. The summed E-state index contributed by atoms with van der Waals surface area (Å²) in [5.74, 6) is -0.490. The highest BCUT2D eigenvalue weighted by Crippen LogP contribution is 2.31. The number of carbonyl (C=O) groups excluding carboxylic acids is 1. The molecule has 0 bridgehead atoms. The zero-order chi connectivity index (χ0) is 14.2. The Labute approximate surface area is 123 Å². The molecule has 2 rings (SSSR count). The second-order valence-electron chi connectivity index (χ2n) is 3.90. The molecule has 1 N–H and O–H groups in total. The SMILES string of the molecule is O=C1OCc2ccc(N(CC(Cl)(Cl)Cl)C(=O)O)cc21. The van der Waals surface area contributed by atoms with Crippen molar-refractivity contribution in [3.63, 3.8) is 0 Å². The number of fused-ring (bicyclic) bond motifs is 1. The van der Waals surface area contributed by atoms with Crippen LogP contribution in [0.4, 0.5) is 10.5 Å². The molecule has 19 heavy (non-hydrogen) atoms. The van der Waals surface area contributed by atoms with E-state index in [0.717, 1.165) is 4.90 Å². The lowest BCUT2D eigenvalue weighted by Crippen LogP contribution is -2.36. The maximum atomic E-state index is 11.4. The molecule has 1 heterocycles. The molecular formula is C11H8Cl3NO4. The van der Waals surface area contributed by atoms with E-state index in [1.807, 2.05) is 0 Å². The number of hydrogen-bond acceptors (Lipinski definition) is 3. The van der Waals surface area contributed by atoms with Gasteiger partial charge >= 0.3 is 12.1 Å². The molecule has 102 valence electrons. The second-order valence-corrected chi connectivity index (χ2v) is 6.42. The van der Waals surface area contributed by atoms with Gasteiger partial charge in [-0.05, 0) is 12.1 Å². The van der Waals surface area contributed by atoms with Crippen LogP contribution in [0.1, 0.15) is 15.9 Å². The normalized spacial score (nSPS) is 13.9. The van der Waals surface area contributed by atoms with Gasteiger partial charge in [0.25, 0.3) is 0 Å². The molecule has 0 saturated carbocycles. The predicted octanol–water partition coefficient (Wildman–Crippen LogP) is 3.21. The van der Waals surface area contributed by atoms with Gasteiger partial charge in [-0.1, -0.05) is 40.9 Å².